The van der Waals surface area contributed by atoms with Crippen molar-refractivity contribution in [3.63, 3.8) is 0 Å². The molecule has 0 aliphatic rings. The van der Waals surface area contributed by atoms with E-state index in [4.69, 9.17) is 18.9 Å². The fraction of sp³-hybridized carbons (Fsp3) is 0.214. The number of methoxy groups -OCH3 is 4. The monoisotopic (exact) mass is 581 g/mol. The highest BCUT2D eigenvalue weighted by atomic mass is 32.2. The molecular weight excluding hydrogens is 553 g/mol. The summed E-state index contributed by atoms with van der Waals surface area (Å²) in [6, 6.07) is 15.7. The van der Waals surface area contributed by atoms with Crippen molar-refractivity contribution in [1.29, 1.82) is 0 Å². The molecule has 0 saturated heterocycles. The molecule has 0 saturated carbocycles. The number of hydrogen-bond acceptors (Lipinski definition) is 9. The van der Waals surface area contributed by atoms with Crippen LogP contribution in [-0.2, 0) is 11.3 Å². The zero-order valence-electron chi connectivity index (χ0n) is 22.8. The fourth-order valence-electron chi connectivity index (χ4n) is 3.83. The van der Waals surface area contributed by atoms with Crippen LogP contribution in [0.5, 0.6) is 23.0 Å². The van der Waals surface area contributed by atoms with Crippen molar-refractivity contribution in [1.82, 2.24) is 20.1 Å². The van der Waals surface area contributed by atoms with E-state index in [1.54, 1.807) is 48.1 Å². The molecule has 11 nitrogen and oxygen atoms in total. The van der Waals surface area contributed by atoms with Crippen molar-refractivity contribution >= 4 is 29.3 Å². The number of anilines is 1. The molecule has 2 N–H and O–H groups in total. The van der Waals surface area contributed by atoms with E-state index in [1.165, 1.54) is 45.6 Å². The second-order valence-corrected chi connectivity index (χ2v) is 9.32. The van der Waals surface area contributed by atoms with Gasteiger partial charge in [-0.3, -0.25) is 14.2 Å². The second-order valence-electron chi connectivity index (χ2n) is 8.37. The number of nitrogens with zero attached hydrogens (tertiary/aromatic N) is 3. The number of halogens is 1. The molecule has 0 unspecified atom stereocenters. The van der Waals surface area contributed by atoms with Gasteiger partial charge < -0.3 is 29.6 Å². The third-order valence-corrected chi connectivity index (χ3v) is 6.75. The molecule has 2 amide bonds. The van der Waals surface area contributed by atoms with E-state index in [2.05, 4.69) is 20.8 Å². The first-order valence-corrected chi connectivity index (χ1v) is 13.2. The maximum atomic E-state index is 13.7. The smallest absolute Gasteiger partial charge is 0.251 e. The van der Waals surface area contributed by atoms with Crippen LogP contribution in [0, 0.1) is 5.82 Å². The Kier molecular flexibility index (Phi) is 9.64. The van der Waals surface area contributed by atoms with Gasteiger partial charge in [0.2, 0.25) is 11.7 Å². The van der Waals surface area contributed by atoms with E-state index in [0.717, 1.165) is 11.8 Å². The Bertz CT molecular complexity index is 1490. The first-order valence-electron chi connectivity index (χ1n) is 12.2. The van der Waals surface area contributed by atoms with Crippen molar-refractivity contribution in [2.24, 2.45) is 0 Å². The SMILES string of the molecule is COc1ccc(NC(=O)CSc2nnc(CNC(=O)c3cc(OC)c(OC)c(OC)c3)n2-c2ccc(F)cc2)cc1. The highest BCUT2D eigenvalue weighted by Crippen LogP contribution is 2.38. The first kappa shape index (κ1) is 29.2. The van der Waals surface area contributed by atoms with E-state index in [1.807, 2.05) is 0 Å². The Morgan fingerprint density at radius 2 is 1.54 bits per heavy atom. The number of nitrogens with one attached hydrogen (secondary N) is 2. The van der Waals surface area contributed by atoms with Gasteiger partial charge in [0.1, 0.15) is 11.6 Å². The summed E-state index contributed by atoms with van der Waals surface area (Å²) in [4.78, 5) is 25.7. The second kappa shape index (κ2) is 13.5. The highest BCUT2D eigenvalue weighted by molar-refractivity contribution is 7.99. The number of rotatable bonds is 12. The van der Waals surface area contributed by atoms with Crippen LogP contribution < -0.4 is 29.6 Å². The number of hydrogen-bond donors (Lipinski definition) is 2. The predicted octanol–water partition coefficient (Wildman–Crippen LogP) is 4.10. The van der Waals surface area contributed by atoms with Crippen LogP contribution in [0.3, 0.4) is 0 Å². The number of thioether (sulfide) groups is 1. The lowest BCUT2D eigenvalue weighted by Crippen LogP contribution is -2.25. The number of carbonyl (C=O) groups is 2. The van der Waals surface area contributed by atoms with Crippen molar-refractivity contribution in [2.45, 2.75) is 11.7 Å². The molecule has 3 aromatic carbocycles. The van der Waals surface area contributed by atoms with E-state index < -0.39 is 11.7 Å². The standard InChI is InChI=1S/C28H28FN5O6S/c1-37-21-11-7-19(8-12-21)31-25(35)16-41-28-33-32-24(34(28)20-9-5-18(29)6-10-20)15-30-27(36)17-13-22(38-2)26(40-4)23(14-17)39-3/h5-14H,15-16H2,1-4H3,(H,30,36)(H,31,35). The van der Waals surface area contributed by atoms with E-state index in [9.17, 15) is 14.0 Å². The third-order valence-electron chi connectivity index (χ3n) is 5.83. The summed E-state index contributed by atoms with van der Waals surface area (Å²) in [5.74, 6) is 1.01. The summed E-state index contributed by atoms with van der Waals surface area (Å²) in [5, 5.41) is 14.5. The summed E-state index contributed by atoms with van der Waals surface area (Å²) >= 11 is 1.15. The lowest BCUT2D eigenvalue weighted by molar-refractivity contribution is -0.113. The molecule has 0 aliphatic carbocycles. The molecule has 0 bridgehead atoms. The van der Waals surface area contributed by atoms with Gasteiger partial charge in [-0.2, -0.15) is 0 Å². The quantitative estimate of drug-likeness (QED) is 0.238. The van der Waals surface area contributed by atoms with Gasteiger partial charge in [-0.25, -0.2) is 4.39 Å². The average Bonchev–Trinajstić information content (AvgIpc) is 3.41. The lowest BCUT2D eigenvalue weighted by Gasteiger charge is -2.14. The van der Waals surface area contributed by atoms with Crippen molar-refractivity contribution in [3.05, 3.63) is 77.9 Å². The highest BCUT2D eigenvalue weighted by Gasteiger charge is 2.20. The topological polar surface area (TPSA) is 126 Å². The van der Waals surface area contributed by atoms with Gasteiger partial charge in [0.05, 0.1) is 40.7 Å². The minimum Gasteiger partial charge on any atom is -0.497 e. The van der Waals surface area contributed by atoms with Crippen LogP contribution in [-0.4, -0.2) is 60.8 Å². The number of ether oxygens (including phenoxy) is 4. The normalized spacial score (nSPS) is 10.6. The summed E-state index contributed by atoms with van der Waals surface area (Å²) in [5.41, 5.74) is 1.45. The zero-order chi connectivity index (χ0) is 29.4. The molecule has 4 aromatic rings. The Labute approximate surface area is 240 Å². The van der Waals surface area contributed by atoms with Gasteiger partial charge in [-0.05, 0) is 60.7 Å². The molecule has 0 atom stereocenters. The number of amides is 2. The van der Waals surface area contributed by atoms with E-state index in [-0.39, 0.29) is 23.8 Å². The molecule has 0 radical (unpaired) electrons. The minimum atomic E-state index is -0.425. The Balaban J connectivity index is 1.51. The number of aromatic nitrogens is 3. The van der Waals surface area contributed by atoms with Crippen molar-refractivity contribution < 1.29 is 32.9 Å². The number of benzene rings is 3. The Morgan fingerprint density at radius 1 is 0.878 bits per heavy atom. The minimum absolute atomic E-state index is 0.0154. The molecule has 214 valence electrons. The Morgan fingerprint density at radius 3 is 2.12 bits per heavy atom. The average molecular weight is 582 g/mol. The Hall–Kier alpha value is -4.78. The van der Waals surface area contributed by atoms with Crippen LogP contribution in [0.4, 0.5) is 10.1 Å². The van der Waals surface area contributed by atoms with E-state index >= 15 is 0 Å². The predicted molar refractivity (Wildman–Crippen MR) is 151 cm³/mol. The molecule has 0 fully saturated rings. The molecule has 1 heterocycles. The van der Waals surface area contributed by atoms with Crippen LogP contribution in [0.25, 0.3) is 5.69 Å². The largest absolute Gasteiger partial charge is 0.497 e. The van der Waals surface area contributed by atoms with Gasteiger partial charge in [0.15, 0.2) is 22.5 Å². The van der Waals surface area contributed by atoms with Crippen molar-refractivity contribution in [2.75, 3.05) is 39.5 Å². The molecule has 13 heteroatoms. The third kappa shape index (κ3) is 7.06. The maximum absolute atomic E-state index is 13.7. The van der Waals surface area contributed by atoms with Crippen LogP contribution in [0.2, 0.25) is 0 Å². The zero-order valence-corrected chi connectivity index (χ0v) is 23.6. The summed E-state index contributed by atoms with van der Waals surface area (Å²) in [7, 11) is 5.95. The van der Waals surface area contributed by atoms with E-state index in [0.29, 0.717) is 45.4 Å². The number of carbonyl (C=O) groups excluding carboxylic acids is 2. The maximum Gasteiger partial charge on any atom is 0.251 e. The molecular formula is C28H28FN5O6S. The molecule has 4 rings (SSSR count). The van der Waals surface area contributed by atoms with Gasteiger partial charge in [-0.1, -0.05) is 11.8 Å². The van der Waals surface area contributed by atoms with Crippen molar-refractivity contribution in [3.8, 4) is 28.7 Å². The van der Waals surface area contributed by atoms with Gasteiger partial charge in [0.25, 0.3) is 5.91 Å². The van der Waals surface area contributed by atoms with Gasteiger partial charge in [0, 0.05) is 16.9 Å². The van der Waals surface area contributed by atoms with Gasteiger partial charge >= 0.3 is 0 Å². The summed E-state index contributed by atoms with van der Waals surface area (Å²) in [6.07, 6.45) is 0. The summed E-state index contributed by atoms with van der Waals surface area (Å²) < 4.78 is 36.4. The first-order chi connectivity index (χ1) is 19.9. The molecule has 1 aromatic heterocycles. The van der Waals surface area contributed by atoms with Crippen LogP contribution >= 0.6 is 11.8 Å². The molecule has 0 spiro atoms. The van der Waals surface area contributed by atoms with Gasteiger partial charge in [-0.15, -0.1) is 10.2 Å². The molecule has 41 heavy (non-hydrogen) atoms. The van der Waals surface area contributed by atoms with Crippen LogP contribution in [0.15, 0.2) is 65.8 Å². The van der Waals surface area contributed by atoms with Crippen LogP contribution in [0.1, 0.15) is 16.2 Å². The summed E-state index contributed by atoms with van der Waals surface area (Å²) in [6.45, 7) is -0.0154. The fourth-order valence-corrected chi connectivity index (χ4v) is 4.60. The lowest BCUT2D eigenvalue weighted by atomic mass is 10.1. The molecule has 0 aliphatic heterocycles.